The van der Waals surface area contributed by atoms with E-state index >= 15 is 0 Å². The lowest BCUT2D eigenvalue weighted by molar-refractivity contribution is -0.291. The third-order valence-electron chi connectivity index (χ3n) is 5.53. The molecule has 8 heteroatoms. The van der Waals surface area contributed by atoms with E-state index in [0.717, 1.165) is 12.8 Å². The maximum atomic E-state index is 14.4. The lowest BCUT2D eigenvalue weighted by Gasteiger charge is -2.39. The molecule has 2 amide bonds. The van der Waals surface area contributed by atoms with Crippen LogP contribution in [0.2, 0.25) is 5.02 Å². The van der Waals surface area contributed by atoms with Crippen LogP contribution in [0.4, 0.5) is 23.7 Å². The summed E-state index contributed by atoms with van der Waals surface area (Å²) in [4.78, 5) is 13.8. The number of fused-ring (bicyclic) bond motifs is 1. The highest BCUT2D eigenvalue weighted by Gasteiger charge is 2.62. The fraction of sp³-hybridized carbons (Fsp3) is 0.611. The molecule has 1 aliphatic heterocycles. The van der Waals surface area contributed by atoms with Crippen LogP contribution in [0.15, 0.2) is 18.2 Å². The van der Waals surface area contributed by atoms with E-state index in [1.807, 2.05) is 6.92 Å². The highest BCUT2D eigenvalue weighted by molar-refractivity contribution is 6.30. The van der Waals surface area contributed by atoms with Gasteiger partial charge < -0.3 is 15.0 Å². The number of halogens is 4. The predicted octanol–water partition coefficient (Wildman–Crippen LogP) is 4.92. The predicted molar refractivity (Wildman–Crippen MR) is 91.2 cm³/mol. The molecule has 3 aliphatic rings. The molecule has 0 aromatic heterocycles. The van der Waals surface area contributed by atoms with Crippen molar-refractivity contribution in [2.75, 3.05) is 18.5 Å². The summed E-state index contributed by atoms with van der Waals surface area (Å²) in [6.07, 6.45) is -1.61. The van der Waals surface area contributed by atoms with Crippen molar-refractivity contribution in [1.82, 2.24) is 4.90 Å². The Morgan fingerprint density at radius 2 is 2.04 bits per heavy atom. The van der Waals surface area contributed by atoms with Crippen molar-refractivity contribution in [1.29, 1.82) is 0 Å². The molecule has 0 saturated heterocycles. The largest absolute Gasteiger partial charge is 0.423 e. The van der Waals surface area contributed by atoms with Gasteiger partial charge in [-0.1, -0.05) is 18.5 Å². The second-order valence-corrected chi connectivity index (χ2v) is 8.34. The van der Waals surface area contributed by atoms with Gasteiger partial charge in [0, 0.05) is 22.3 Å². The molecule has 4 nitrogen and oxygen atoms in total. The number of alkyl halides is 3. The zero-order valence-corrected chi connectivity index (χ0v) is 15.1. The second-order valence-electron chi connectivity index (χ2n) is 7.90. The van der Waals surface area contributed by atoms with Gasteiger partial charge in [0.1, 0.15) is 0 Å². The number of carbonyl (C=O) groups excluding carboxylic acids is 1. The van der Waals surface area contributed by atoms with Crippen molar-refractivity contribution in [2.24, 2.45) is 5.41 Å². The Bertz CT molecular complexity index is 746. The van der Waals surface area contributed by atoms with E-state index in [9.17, 15) is 18.0 Å². The quantitative estimate of drug-likeness (QED) is 0.795. The van der Waals surface area contributed by atoms with Crippen molar-refractivity contribution >= 4 is 23.3 Å². The maximum Gasteiger partial charge on any atom is 0.423 e. The van der Waals surface area contributed by atoms with E-state index < -0.39 is 24.4 Å². The number of hydrogen-bond acceptors (Lipinski definition) is 2. The minimum atomic E-state index is -4.70. The number of amides is 2. The molecule has 0 spiro atoms. The monoisotopic (exact) mass is 388 g/mol. The molecule has 4 rings (SSSR count). The molecular weight excluding hydrogens is 369 g/mol. The number of nitrogens with zero attached hydrogens (tertiary/aromatic N) is 1. The van der Waals surface area contributed by atoms with Crippen molar-refractivity contribution in [2.45, 2.75) is 50.4 Å². The number of hydrogen-bond donors (Lipinski definition) is 1. The van der Waals surface area contributed by atoms with Gasteiger partial charge in [0.2, 0.25) is 5.60 Å². The third-order valence-corrected chi connectivity index (χ3v) is 5.76. The molecule has 0 radical (unpaired) electrons. The zero-order chi connectivity index (χ0) is 18.7. The molecule has 1 aromatic rings. The third kappa shape index (κ3) is 3.05. The molecule has 2 saturated carbocycles. The number of rotatable bonds is 4. The fourth-order valence-electron chi connectivity index (χ4n) is 3.33. The summed E-state index contributed by atoms with van der Waals surface area (Å²) in [6, 6.07) is 3.44. The number of benzene rings is 1. The van der Waals surface area contributed by atoms with Crippen LogP contribution in [0.25, 0.3) is 0 Å². The SMILES string of the molecule is CC1(CO[C@]2(C(F)(F)F)CN(C3CC3)C(=O)Nc3ccc(Cl)cc32)CC1. The molecule has 1 atom stereocenters. The van der Waals surface area contributed by atoms with Crippen molar-refractivity contribution < 1.29 is 22.7 Å². The first-order chi connectivity index (χ1) is 12.1. The Morgan fingerprint density at radius 1 is 1.35 bits per heavy atom. The molecule has 142 valence electrons. The van der Waals surface area contributed by atoms with Crippen LogP contribution in [-0.4, -0.2) is 36.3 Å². The van der Waals surface area contributed by atoms with Gasteiger partial charge in [-0.2, -0.15) is 13.2 Å². The van der Waals surface area contributed by atoms with Gasteiger partial charge in [0.15, 0.2) is 0 Å². The topological polar surface area (TPSA) is 41.6 Å². The van der Waals surface area contributed by atoms with E-state index in [4.69, 9.17) is 16.3 Å². The number of urea groups is 1. The smallest absolute Gasteiger partial charge is 0.359 e. The van der Waals surface area contributed by atoms with E-state index in [2.05, 4.69) is 5.32 Å². The standard InChI is InChI=1S/C18H20ClF3N2O2/c1-16(6-7-16)10-26-17(18(20,21)22)9-24(12-3-4-12)15(25)23-14-5-2-11(19)8-13(14)17/h2,5,8,12H,3-4,6-7,9-10H2,1H3,(H,23,25)/t17-/m1/s1. The van der Waals surface area contributed by atoms with Gasteiger partial charge in [-0.15, -0.1) is 0 Å². The van der Waals surface area contributed by atoms with Crippen LogP contribution >= 0.6 is 11.6 Å². The number of ether oxygens (including phenoxy) is 1. The normalized spacial score (nSPS) is 27.6. The van der Waals surface area contributed by atoms with E-state index in [-0.39, 0.29) is 34.3 Å². The maximum absolute atomic E-state index is 14.4. The van der Waals surface area contributed by atoms with Crippen LogP contribution in [0, 0.1) is 5.41 Å². The first-order valence-corrected chi connectivity index (χ1v) is 9.10. The molecule has 0 unspecified atom stereocenters. The summed E-state index contributed by atoms with van der Waals surface area (Å²) in [5.74, 6) is 0. The van der Waals surface area contributed by atoms with Crippen LogP contribution in [0.3, 0.4) is 0 Å². The number of carbonyl (C=O) groups is 1. The lowest BCUT2D eigenvalue weighted by Crippen LogP contribution is -2.54. The number of anilines is 1. The average Bonchev–Trinajstić information content (AvgIpc) is 3.44. The van der Waals surface area contributed by atoms with Gasteiger partial charge in [0.05, 0.1) is 13.2 Å². The number of nitrogens with one attached hydrogen (secondary N) is 1. The average molecular weight is 389 g/mol. The molecule has 1 N–H and O–H groups in total. The van der Waals surface area contributed by atoms with Gasteiger partial charge in [-0.05, 0) is 49.3 Å². The minimum Gasteiger partial charge on any atom is -0.359 e. The van der Waals surface area contributed by atoms with Crippen molar-refractivity contribution in [3.63, 3.8) is 0 Å². The van der Waals surface area contributed by atoms with Gasteiger partial charge in [-0.3, -0.25) is 0 Å². The Balaban J connectivity index is 1.83. The summed E-state index contributed by atoms with van der Waals surface area (Å²) < 4.78 is 49.0. The summed E-state index contributed by atoms with van der Waals surface area (Å²) in [7, 11) is 0. The van der Waals surface area contributed by atoms with Crippen LogP contribution in [0.5, 0.6) is 0 Å². The van der Waals surface area contributed by atoms with Crippen LogP contribution < -0.4 is 5.32 Å². The Labute approximate surface area is 154 Å². The molecule has 26 heavy (non-hydrogen) atoms. The van der Waals surface area contributed by atoms with Crippen molar-refractivity contribution in [3.8, 4) is 0 Å². The molecule has 1 aromatic carbocycles. The first kappa shape index (κ1) is 17.9. The molecule has 2 aliphatic carbocycles. The van der Waals surface area contributed by atoms with E-state index in [1.54, 1.807) is 0 Å². The van der Waals surface area contributed by atoms with E-state index in [1.165, 1.54) is 23.1 Å². The van der Waals surface area contributed by atoms with E-state index in [0.29, 0.717) is 12.8 Å². The van der Waals surface area contributed by atoms with Crippen molar-refractivity contribution in [3.05, 3.63) is 28.8 Å². The molecule has 1 heterocycles. The summed E-state index contributed by atoms with van der Waals surface area (Å²) in [5, 5.41) is 2.78. The lowest BCUT2D eigenvalue weighted by atomic mass is 9.90. The highest BCUT2D eigenvalue weighted by Crippen LogP contribution is 2.52. The molecular formula is C18H20ClF3N2O2. The summed E-state index contributed by atoms with van der Waals surface area (Å²) in [5.41, 5.74) is -2.86. The Morgan fingerprint density at radius 3 is 2.62 bits per heavy atom. The highest BCUT2D eigenvalue weighted by atomic mass is 35.5. The van der Waals surface area contributed by atoms with Gasteiger partial charge in [0.25, 0.3) is 0 Å². The molecule has 2 fully saturated rings. The first-order valence-electron chi connectivity index (χ1n) is 8.72. The zero-order valence-electron chi connectivity index (χ0n) is 14.3. The Hall–Kier alpha value is -1.47. The second kappa shape index (κ2) is 5.76. The fourth-order valence-corrected chi connectivity index (χ4v) is 3.50. The molecule has 0 bridgehead atoms. The van der Waals surface area contributed by atoms with Gasteiger partial charge >= 0.3 is 12.2 Å². The van der Waals surface area contributed by atoms with Crippen LogP contribution in [0.1, 0.15) is 38.2 Å². The van der Waals surface area contributed by atoms with Gasteiger partial charge in [-0.25, -0.2) is 4.79 Å². The minimum absolute atomic E-state index is 0.00877. The summed E-state index contributed by atoms with van der Waals surface area (Å²) >= 11 is 6.01. The summed E-state index contributed by atoms with van der Waals surface area (Å²) in [6.45, 7) is 1.34. The Kier molecular flexibility index (Phi) is 3.97. The van der Waals surface area contributed by atoms with Crippen LogP contribution in [-0.2, 0) is 10.3 Å².